The average Bonchev–Trinajstić information content (AvgIpc) is 2.47. The molecular weight excluding hydrogens is 377 g/mol. The molecule has 0 heterocycles. The van der Waals surface area contributed by atoms with Crippen LogP contribution in [0.15, 0.2) is 53.5 Å². The number of nitrogens with zero attached hydrogens (tertiary/aromatic N) is 1. The van der Waals surface area contributed by atoms with Crippen molar-refractivity contribution < 1.29 is 4.74 Å². The fourth-order valence-electron chi connectivity index (χ4n) is 1.82. The fourth-order valence-corrected chi connectivity index (χ4v) is 1.82. The van der Waals surface area contributed by atoms with E-state index in [0.717, 1.165) is 11.4 Å². The third-order valence-corrected chi connectivity index (χ3v) is 3.04. The van der Waals surface area contributed by atoms with Gasteiger partial charge in [-0.25, -0.2) is 4.99 Å². The molecule has 0 unspecified atom stereocenters. The molecule has 0 amide bonds. The Labute approximate surface area is 142 Å². The Bertz CT molecular complexity index is 597. The van der Waals surface area contributed by atoms with Gasteiger partial charge in [-0.15, -0.1) is 24.0 Å². The van der Waals surface area contributed by atoms with Crippen molar-refractivity contribution in [1.29, 1.82) is 0 Å². The van der Waals surface area contributed by atoms with Gasteiger partial charge in [-0.3, -0.25) is 0 Å². The van der Waals surface area contributed by atoms with E-state index in [4.69, 9.17) is 10.5 Å². The van der Waals surface area contributed by atoms with E-state index in [1.54, 1.807) is 7.11 Å². The summed E-state index contributed by atoms with van der Waals surface area (Å²) in [5, 5.41) is 3.06. The summed E-state index contributed by atoms with van der Waals surface area (Å²) in [5.41, 5.74) is 9.16. The summed E-state index contributed by atoms with van der Waals surface area (Å²) in [7, 11) is 1.64. The molecule has 21 heavy (non-hydrogen) atoms. The first-order chi connectivity index (χ1) is 9.69. The van der Waals surface area contributed by atoms with Crippen LogP contribution in [0.3, 0.4) is 0 Å². The molecule has 0 bridgehead atoms. The summed E-state index contributed by atoms with van der Waals surface area (Å²) in [5.74, 6) is 1.21. The number of aliphatic imine (C=N–C) groups is 1. The minimum absolute atomic E-state index is 0. The van der Waals surface area contributed by atoms with Gasteiger partial charge in [0.1, 0.15) is 5.75 Å². The first-order valence-corrected chi connectivity index (χ1v) is 6.44. The molecular formula is C16H20IN3O. The number of hydrogen-bond acceptors (Lipinski definition) is 2. The third-order valence-electron chi connectivity index (χ3n) is 3.04. The summed E-state index contributed by atoms with van der Waals surface area (Å²) in [4.78, 5) is 4.35. The van der Waals surface area contributed by atoms with Crippen LogP contribution in [0, 0.1) is 6.92 Å². The highest BCUT2D eigenvalue weighted by molar-refractivity contribution is 14.0. The molecule has 0 saturated carbocycles. The Kier molecular flexibility index (Phi) is 7.01. The van der Waals surface area contributed by atoms with Crippen molar-refractivity contribution in [2.45, 2.75) is 13.5 Å². The molecule has 0 aliphatic heterocycles. The normalized spacial score (nSPS) is 10.7. The summed E-state index contributed by atoms with van der Waals surface area (Å²) in [6, 6.07) is 15.7. The second kappa shape index (κ2) is 8.51. The van der Waals surface area contributed by atoms with Crippen LogP contribution in [0.4, 0.5) is 5.69 Å². The van der Waals surface area contributed by atoms with Crippen molar-refractivity contribution in [3.05, 3.63) is 59.7 Å². The maximum absolute atomic E-state index is 5.88. The van der Waals surface area contributed by atoms with Crippen molar-refractivity contribution >= 4 is 35.6 Å². The molecule has 0 radical (unpaired) electrons. The van der Waals surface area contributed by atoms with Gasteiger partial charge in [-0.1, -0.05) is 24.3 Å². The lowest BCUT2D eigenvalue weighted by Crippen LogP contribution is -2.22. The number of methoxy groups -OCH3 is 1. The van der Waals surface area contributed by atoms with Gasteiger partial charge in [0, 0.05) is 5.69 Å². The highest BCUT2D eigenvalue weighted by Crippen LogP contribution is 2.14. The van der Waals surface area contributed by atoms with E-state index >= 15 is 0 Å². The van der Waals surface area contributed by atoms with E-state index in [1.165, 1.54) is 11.1 Å². The van der Waals surface area contributed by atoms with E-state index in [-0.39, 0.29) is 24.0 Å². The predicted molar refractivity (Wildman–Crippen MR) is 98.5 cm³/mol. The van der Waals surface area contributed by atoms with Crippen molar-refractivity contribution in [2.24, 2.45) is 10.7 Å². The Hall–Kier alpha value is -1.76. The van der Waals surface area contributed by atoms with Gasteiger partial charge >= 0.3 is 0 Å². The molecule has 3 N–H and O–H groups in total. The highest BCUT2D eigenvalue weighted by Gasteiger charge is 1.98. The third kappa shape index (κ3) is 5.26. The lowest BCUT2D eigenvalue weighted by molar-refractivity contribution is 0.415. The van der Waals surface area contributed by atoms with Gasteiger partial charge < -0.3 is 15.8 Å². The number of guanidine groups is 1. The van der Waals surface area contributed by atoms with Gasteiger partial charge in [0.2, 0.25) is 0 Å². The number of nitrogens with one attached hydrogen (secondary N) is 1. The van der Waals surface area contributed by atoms with Crippen LogP contribution in [0.1, 0.15) is 11.1 Å². The van der Waals surface area contributed by atoms with Crippen molar-refractivity contribution in [2.75, 3.05) is 12.4 Å². The Morgan fingerprint density at radius 3 is 2.43 bits per heavy atom. The summed E-state index contributed by atoms with van der Waals surface area (Å²) >= 11 is 0. The van der Waals surface area contributed by atoms with Gasteiger partial charge in [-0.05, 0) is 42.3 Å². The predicted octanol–water partition coefficient (Wildman–Crippen LogP) is 3.55. The zero-order chi connectivity index (χ0) is 14.4. The Balaban J connectivity index is 0.00000220. The van der Waals surface area contributed by atoms with Crippen LogP contribution in [0.5, 0.6) is 5.75 Å². The minimum Gasteiger partial charge on any atom is -0.497 e. The number of hydrogen-bond donors (Lipinski definition) is 2. The molecule has 0 atom stereocenters. The van der Waals surface area contributed by atoms with E-state index in [2.05, 4.69) is 29.4 Å². The van der Waals surface area contributed by atoms with Gasteiger partial charge in [0.05, 0.1) is 13.7 Å². The standard InChI is InChI=1S/C16H19N3O.HI/c1-12-5-3-4-6-13(12)11-18-16(17)19-14-7-9-15(20-2)10-8-14;/h3-10H,11H2,1-2H3,(H3,17,18,19);1H. The lowest BCUT2D eigenvalue weighted by Gasteiger charge is -2.07. The summed E-state index contributed by atoms with van der Waals surface area (Å²) in [6.45, 7) is 2.64. The zero-order valence-corrected chi connectivity index (χ0v) is 14.5. The minimum atomic E-state index is 0. The number of benzene rings is 2. The molecule has 2 rings (SSSR count). The molecule has 0 aromatic heterocycles. The van der Waals surface area contributed by atoms with E-state index < -0.39 is 0 Å². The Morgan fingerprint density at radius 1 is 1.14 bits per heavy atom. The molecule has 112 valence electrons. The number of anilines is 1. The largest absolute Gasteiger partial charge is 0.497 e. The Morgan fingerprint density at radius 2 is 1.81 bits per heavy atom. The van der Waals surface area contributed by atoms with Crippen molar-refractivity contribution in [3.8, 4) is 5.75 Å². The van der Waals surface area contributed by atoms with Crippen LogP contribution >= 0.6 is 24.0 Å². The number of nitrogens with two attached hydrogens (primary N) is 1. The molecule has 5 heteroatoms. The molecule has 2 aromatic carbocycles. The van der Waals surface area contributed by atoms with Crippen LogP contribution in [0.25, 0.3) is 0 Å². The number of halogens is 1. The molecule has 2 aromatic rings. The highest BCUT2D eigenvalue weighted by atomic mass is 127. The van der Waals surface area contributed by atoms with Gasteiger partial charge in [-0.2, -0.15) is 0 Å². The summed E-state index contributed by atoms with van der Waals surface area (Å²) < 4.78 is 5.10. The molecule has 0 aliphatic carbocycles. The van der Waals surface area contributed by atoms with E-state index in [0.29, 0.717) is 12.5 Å². The van der Waals surface area contributed by atoms with E-state index in [1.807, 2.05) is 36.4 Å². The molecule has 0 aliphatic rings. The number of aryl methyl sites for hydroxylation is 1. The van der Waals surface area contributed by atoms with Gasteiger partial charge in [0.15, 0.2) is 5.96 Å². The van der Waals surface area contributed by atoms with E-state index in [9.17, 15) is 0 Å². The molecule has 0 spiro atoms. The number of ether oxygens (including phenoxy) is 1. The maximum atomic E-state index is 5.88. The fraction of sp³-hybridized carbons (Fsp3) is 0.188. The van der Waals surface area contributed by atoms with Gasteiger partial charge in [0.25, 0.3) is 0 Å². The monoisotopic (exact) mass is 397 g/mol. The topological polar surface area (TPSA) is 59.6 Å². The molecule has 0 saturated heterocycles. The second-order valence-electron chi connectivity index (χ2n) is 4.48. The first kappa shape index (κ1) is 17.3. The SMILES string of the molecule is COc1ccc(NC(N)=NCc2ccccc2C)cc1.I. The average molecular weight is 397 g/mol. The second-order valence-corrected chi connectivity index (χ2v) is 4.48. The zero-order valence-electron chi connectivity index (χ0n) is 12.2. The van der Waals surface area contributed by atoms with Crippen molar-refractivity contribution in [1.82, 2.24) is 0 Å². The number of rotatable bonds is 4. The maximum Gasteiger partial charge on any atom is 0.193 e. The molecule has 4 nitrogen and oxygen atoms in total. The smallest absolute Gasteiger partial charge is 0.193 e. The lowest BCUT2D eigenvalue weighted by atomic mass is 10.1. The quantitative estimate of drug-likeness (QED) is 0.471. The van der Waals surface area contributed by atoms with Crippen molar-refractivity contribution in [3.63, 3.8) is 0 Å². The van der Waals surface area contributed by atoms with Crippen LogP contribution in [0.2, 0.25) is 0 Å². The first-order valence-electron chi connectivity index (χ1n) is 6.44. The molecule has 0 fully saturated rings. The van der Waals surface area contributed by atoms with Crippen LogP contribution < -0.4 is 15.8 Å². The summed E-state index contributed by atoms with van der Waals surface area (Å²) in [6.07, 6.45) is 0. The van der Waals surface area contributed by atoms with Crippen LogP contribution in [-0.4, -0.2) is 13.1 Å². The van der Waals surface area contributed by atoms with Crippen LogP contribution in [-0.2, 0) is 6.54 Å².